The standard InChI is InChI=1S/C14H29N3O2/c1-12(2)6-4-5-7-16-14(15-3)17-10-13-11-18-8-9-19-13/h12-13H,4-11H2,1-3H3,(H2,15,16,17)/t13-/m0/s1. The van der Waals surface area contributed by atoms with E-state index < -0.39 is 0 Å². The third kappa shape index (κ3) is 8.06. The number of unbranched alkanes of at least 4 members (excludes halogenated alkanes) is 1. The normalized spacial score (nSPS) is 20.6. The van der Waals surface area contributed by atoms with Crippen LogP contribution < -0.4 is 10.6 Å². The Labute approximate surface area is 117 Å². The van der Waals surface area contributed by atoms with Crippen LogP contribution in [-0.4, -0.2) is 52.0 Å². The number of nitrogens with zero attached hydrogens (tertiary/aromatic N) is 1. The average molecular weight is 271 g/mol. The Balaban J connectivity index is 2.05. The molecule has 5 heteroatoms. The molecule has 1 fully saturated rings. The van der Waals surface area contributed by atoms with Gasteiger partial charge in [0.2, 0.25) is 0 Å². The Morgan fingerprint density at radius 1 is 1.26 bits per heavy atom. The zero-order chi connectivity index (χ0) is 13.9. The largest absolute Gasteiger partial charge is 0.376 e. The van der Waals surface area contributed by atoms with Crippen molar-refractivity contribution in [3.05, 3.63) is 0 Å². The molecule has 0 unspecified atom stereocenters. The quantitative estimate of drug-likeness (QED) is 0.417. The van der Waals surface area contributed by atoms with Crippen molar-refractivity contribution in [3.63, 3.8) is 0 Å². The van der Waals surface area contributed by atoms with E-state index in [0.717, 1.165) is 25.0 Å². The fourth-order valence-corrected chi connectivity index (χ4v) is 1.97. The van der Waals surface area contributed by atoms with E-state index in [1.165, 1.54) is 19.3 Å². The number of nitrogens with one attached hydrogen (secondary N) is 2. The van der Waals surface area contributed by atoms with Crippen molar-refractivity contribution >= 4 is 5.96 Å². The van der Waals surface area contributed by atoms with Gasteiger partial charge in [0.15, 0.2) is 5.96 Å². The van der Waals surface area contributed by atoms with Crippen LogP contribution in [-0.2, 0) is 9.47 Å². The fraction of sp³-hybridized carbons (Fsp3) is 0.929. The highest BCUT2D eigenvalue weighted by atomic mass is 16.6. The van der Waals surface area contributed by atoms with Crippen LogP contribution in [0.15, 0.2) is 4.99 Å². The fourth-order valence-electron chi connectivity index (χ4n) is 1.97. The van der Waals surface area contributed by atoms with Crippen LogP contribution in [0.4, 0.5) is 0 Å². The predicted octanol–water partition coefficient (Wildman–Crippen LogP) is 1.39. The Kier molecular flexibility index (Phi) is 8.58. The average Bonchev–Trinajstić information content (AvgIpc) is 2.42. The molecule has 112 valence electrons. The molecule has 0 aliphatic carbocycles. The first-order valence-electron chi connectivity index (χ1n) is 7.36. The van der Waals surface area contributed by atoms with Crippen molar-refractivity contribution in [2.75, 3.05) is 40.0 Å². The van der Waals surface area contributed by atoms with Crippen LogP contribution in [0.5, 0.6) is 0 Å². The van der Waals surface area contributed by atoms with E-state index in [9.17, 15) is 0 Å². The summed E-state index contributed by atoms with van der Waals surface area (Å²) >= 11 is 0. The molecule has 1 aliphatic heterocycles. The van der Waals surface area contributed by atoms with E-state index in [-0.39, 0.29) is 6.10 Å². The minimum absolute atomic E-state index is 0.133. The van der Waals surface area contributed by atoms with Crippen LogP contribution in [0.3, 0.4) is 0 Å². The lowest BCUT2D eigenvalue weighted by Gasteiger charge is -2.24. The Bertz CT molecular complexity index is 251. The third-order valence-electron chi connectivity index (χ3n) is 3.11. The molecule has 2 N–H and O–H groups in total. The second-order valence-electron chi connectivity index (χ2n) is 5.34. The minimum Gasteiger partial charge on any atom is -0.376 e. The number of rotatable bonds is 7. The van der Waals surface area contributed by atoms with Gasteiger partial charge in [-0.3, -0.25) is 4.99 Å². The number of aliphatic imine (C=N–C) groups is 1. The summed E-state index contributed by atoms with van der Waals surface area (Å²) in [6, 6.07) is 0. The van der Waals surface area contributed by atoms with Gasteiger partial charge in [-0.2, -0.15) is 0 Å². The van der Waals surface area contributed by atoms with Gasteiger partial charge in [0.05, 0.1) is 25.9 Å². The smallest absolute Gasteiger partial charge is 0.191 e. The van der Waals surface area contributed by atoms with Crippen LogP contribution in [0.2, 0.25) is 0 Å². The second kappa shape index (κ2) is 10.0. The molecule has 1 aliphatic rings. The van der Waals surface area contributed by atoms with E-state index in [2.05, 4.69) is 29.5 Å². The summed E-state index contributed by atoms with van der Waals surface area (Å²) in [7, 11) is 1.79. The van der Waals surface area contributed by atoms with Gasteiger partial charge in [-0.15, -0.1) is 0 Å². The molecular weight excluding hydrogens is 242 g/mol. The number of hydrogen-bond acceptors (Lipinski definition) is 3. The maximum atomic E-state index is 5.57. The molecule has 1 atom stereocenters. The third-order valence-corrected chi connectivity index (χ3v) is 3.11. The van der Waals surface area contributed by atoms with Crippen LogP contribution in [0.25, 0.3) is 0 Å². The van der Waals surface area contributed by atoms with Crippen molar-refractivity contribution < 1.29 is 9.47 Å². The van der Waals surface area contributed by atoms with E-state index in [0.29, 0.717) is 19.8 Å². The first-order valence-corrected chi connectivity index (χ1v) is 7.36. The first-order chi connectivity index (χ1) is 9.22. The summed E-state index contributed by atoms with van der Waals surface area (Å²) in [4.78, 5) is 4.20. The highest BCUT2D eigenvalue weighted by Gasteiger charge is 2.14. The van der Waals surface area contributed by atoms with Gasteiger partial charge in [0, 0.05) is 20.1 Å². The molecule has 0 aromatic heterocycles. The molecule has 5 nitrogen and oxygen atoms in total. The van der Waals surface area contributed by atoms with Crippen molar-refractivity contribution in [1.29, 1.82) is 0 Å². The maximum absolute atomic E-state index is 5.57. The second-order valence-corrected chi connectivity index (χ2v) is 5.34. The molecular formula is C14H29N3O2. The summed E-state index contributed by atoms with van der Waals surface area (Å²) in [5, 5.41) is 6.60. The summed E-state index contributed by atoms with van der Waals surface area (Å²) < 4.78 is 10.9. The van der Waals surface area contributed by atoms with E-state index in [1.54, 1.807) is 7.05 Å². The molecule has 0 aromatic rings. The number of ether oxygens (including phenoxy) is 2. The Morgan fingerprint density at radius 2 is 2.11 bits per heavy atom. The maximum Gasteiger partial charge on any atom is 0.191 e. The summed E-state index contributed by atoms with van der Waals surface area (Å²) in [6.45, 7) is 8.30. The van der Waals surface area contributed by atoms with Crippen LogP contribution in [0.1, 0.15) is 33.1 Å². The van der Waals surface area contributed by atoms with Gasteiger partial charge in [-0.1, -0.05) is 26.7 Å². The molecule has 19 heavy (non-hydrogen) atoms. The van der Waals surface area contributed by atoms with Crippen molar-refractivity contribution in [3.8, 4) is 0 Å². The van der Waals surface area contributed by atoms with Crippen molar-refractivity contribution in [2.24, 2.45) is 10.9 Å². The zero-order valence-corrected chi connectivity index (χ0v) is 12.6. The van der Waals surface area contributed by atoms with E-state index in [4.69, 9.17) is 9.47 Å². The number of guanidine groups is 1. The lowest BCUT2D eigenvalue weighted by Crippen LogP contribution is -2.44. The molecule has 0 spiro atoms. The van der Waals surface area contributed by atoms with Gasteiger partial charge >= 0.3 is 0 Å². The highest BCUT2D eigenvalue weighted by molar-refractivity contribution is 5.79. The summed E-state index contributed by atoms with van der Waals surface area (Å²) in [5.41, 5.74) is 0. The van der Waals surface area contributed by atoms with Gasteiger partial charge in [0.25, 0.3) is 0 Å². The van der Waals surface area contributed by atoms with Gasteiger partial charge in [0.1, 0.15) is 0 Å². The molecule has 1 saturated heterocycles. The zero-order valence-electron chi connectivity index (χ0n) is 12.6. The topological polar surface area (TPSA) is 54.9 Å². The van der Waals surface area contributed by atoms with Crippen molar-refractivity contribution in [1.82, 2.24) is 10.6 Å². The summed E-state index contributed by atoms with van der Waals surface area (Å²) in [5.74, 6) is 1.64. The van der Waals surface area contributed by atoms with Crippen molar-refractivity contribution in [2.45, 2.75) is 39.2 Å². The monoisotopic (exact) mass is 271 g/mol. The Morgan fingerprint density at radius 3 is 2.74 bits per heavy atom. The molecule has 0 amide bonds. The molecule has 0 saturated carbocycles. The van der Waals surface area contributed by atoms with Gasteiger partial charge < -0.3 is 20.1 Å². The minimum atomic E-state index is 0.133. The molecule has 1 heterocycles. The molecule has 0 aromatic carbocycles. The highest BCUT2D eigenvalue weighted by Crippen LogP contribution is 2.05. The number of hydrogen-bond donors (Lipinski definition) is 2. The molecule has 0 bridgehead atoms. The first kappa shape index (κ1) is 16.2. The lowest BCUT2D eigenvalue weighted by atomic mass is 10.1. The van der Waals surface area contributed by atoms with Gasteiger partial charge in [-0.05, 0) is 12.3 Å². The van der Waals surface area contributed by atoms with E-state index in [1.807, 2.05) is 0 Å². The Hall–Kier alpha value is -0.810. The van der Waals surface area contributed by atoms with Crippen LogP contribution in [0, 0.1) is 5.92 Å². The molecule has 1 rings (SSSR count). The van der Waals surface area contributed by atoms with Crippen LogP contribution >= 0.6 is 0 Å². The molecule has 0 radical (unpaired) electrons. The SMILES string of the molecule is CN=C(NCCCCC(C)C)NC[C@H]1COCCO1. The lowest BCUT2D eigenvalue weighted by molar-refractivity contribution is -0.0850. The summed E-state index contributed by atoms with van der Waals surface area (Å²) in [6.07, 6.45) is 3.87. The van der Waals surface area contributed by atoms with Gasteiger partial charge in [-0.25, -0.2) is 0 Å². The predicted molar refractivity (Wildman–Crippen MR) is 78.6 cm³/mol. The van der Waals surface area contributed by atoms with E-state index >= 15 is 0 Å².